The highest BCUT2D eigenvalue weighted by Gasteiger charge is 2.14. The van der Waals surface area contributed by atoms with Crippen molar-refractivity contribution in [3.05, 3.63) is 54.1 Å². The Balaban J connectivity index is 2.13. The Labute approximate surface area is 144 Å². The number of unbranched alkanes of at least 4 members (excludes halogenated alkanes) is 1. The summed E-state index contributed by atoms with van der Waals surface area (Å²) in [7, 11) is 0. The lowest BCUT2D eigenvalue weighted by molar-refractivity contribution is 0.726. The second-order valence-electron chi connectivity index (χ2n) is 6.19. The van der Waals surface area contributed by atoms with Crippen molar-refractivity contribution in [2.24, 2.45) is 0 Å². The first kappa shape index (κ1) is 16.4. The fourth-order valence-corrected chi connectivity index (χ4v) is 2.90. The van der Waals surface area contributed by atoms with E-state index in [1.54, 1.807) is 0 Å². The number of para-hydroxylation sites is 1. The van der Waals surface area contributed by atoms with E-state index >= 15 is 0 Å². The zero-order chi connectivity index (χ0) is 16.9. The quantitative estimate of drug-likeness (QED) is 0.623. The predicted molar refractivity (Wildman–Crippen MR) is 103 cm³/mol. The zero-order valence-corrected chi connectivity index (χ0v) is 14.8. The van der Waals surface area contributed by atoms with Crippen molar-refractivity contribution in [1.82, 2.24) is 9.97 Å². The van der Waals surface area contributed by atoms with Crippen molar-refractivity contribution in [2.45, 2.75) is 33.6 Å². The van der Waals surface area contributed by atoms with Gasteiger partial charge in [-0.05, 0) is 32.4 Å². The molecular formula is C21H25N3. The normalized spacial score (nSPS) is 11.0. The highest BCUT2D eigenvalue weighted by Crippen LogP contribution is 2.27. The van der Waals surface area contributed by atoms with E-state index < -0.39 is 0 Å². The molecule has 0 N–H and O–H groups in total. The Morgan fingerprint density at radius 3 is 2.38 bits per heavy atom. The Hall–Kier alpha value is -2.42. The summed E-state index contributed by atoms with van der Waals surface area (Å²) in [6.45, 7) is 8.50. The second-order valence-corrected chi connectivity index (χ2v) is 6.19. The minimum absolute atomic E-state index is 0.804. The maximum absolute atomic E-state index is 4.94. The van der Waals surface area contributed by atoms with Crippen LogP contribution in [0.25, 0.3) is 22.3 Å². The van der Waals surface area contributed by atoms with E-state index in [2.05, 4.69) is 68.1 Å². The Bertz CT molecular complexity index is 809. The van der Waals surface area contributed by atoms with Gasteiger partial charge in [0.2, 0.25) is 0 Å². The highest BCUT2D eigenvalue weighted by molar-refractivity contribution is 5.91. The first-order valence-electron chi connectivity index (χ1n) is 8.81. The van der Waals surface area contributed by atoms with Gasteiger partial charge in [-0.1, -0.05) is 55.3 Å². The summed E-state index contributed by atoms with van der Waals surface area (Å²) in [4.78, 5) is 12.1. The lowest BCUT2D eigenvalue weighted by atomic mass is 10.1. The minimum Gasteiger partial charge on any atom is -0.356 e. The van der Waals surface area contributed by atoms with Crippen LogP contribution in [-0.4, -0.2) is 23.1 Å². The summed E-state index contributed by atoms with van der Waals surface area (Å²) in [5, 5.41) is 1.13. The van der Waals surface area contributed by atoms with Crippen LogP contribution < -0.4 is 4.90 Å². The number of aryl methyl sites for hydroxylation is 1. The van der Waals surface area contributed by atoms with E-state index in [0.29, 0.717) is 0 Å². The molecule has 3 heteroatoms. The molecule has 1 aromatic heterocycles. The smallest absolute Gasteiger partial charge is 0.162 e. The largest absolute Gasteiger partial charge is 0.356 e. The predicted octanol–water partition coefficient (Wildman–Crippen LogP) is 5.23. The molecule has 0 aliphatic rings. The zero-order valence-electron chi connectivity index (χ0n) is 14.8. The van der Waals surface area contributed by atoms with E-state index in [1.165, 1.54) is 18.4 Å². The number of benzene rings is 2. The van der Waals surface area contributed by atoms with E-state index in [1.807, 2.05) is 6.07 Å². The number of aromatic nitrogens is 2. The summed E-state index contributed by atoms with van der Waals surface area (Å²) in [6.07, 6.45) is 2.36. The average Bonchev–Trinajstić information content (AvgIpc) is 2.62. The van der Waals surface area contributed by atoms with Gasteiger partial charge in [-0.15, -0.1) is 0 Å². The first-order valence-corrected chi connectivity index (χ1v) is 8.81. The van der Waals surface area contributed by atoms with Crippen LogP contribution in [0.3, 0.4) is 0 Å². The van der Waals surface area contributed by atoms with E-state index in [9.17, 15) is 0 Å². The molecule has 2 aromatic carbocycles. The molecule has 1 heterocycles. The number of nitrogens with zero attached hydrogens (tertiary/aromatic N) is 3. The summed E-state index contributed by atoms with van der Waals surface area (Å²) in [5.74, 6) is 1.85. The molecule has 24 heavy (non-hydrogen) atoms. The van der Waals surface area contributed by atoms with Gasteiger partial charge in [-0.25, -0.2) is 9.97 Å². The van der Waals surface area contributed by atoms with Gasteiger partial charge in [-0.3, -0.25) is 0 Å². The number of hydrogen-bond acceptors (Lipinski definition) is 3. The van der Waals surface area contributed by atoms with Gasteiger partial charge in [0.15, 0.2) is 5.82 Å². The van der Waals surface area contributed by atoms with Crippen molar-refractivity contribution in [3.63, 3.8) is 0 Å². The van der Waals surface area contributed by atoms with Gasteiger partial charge in [0.25, 0.3) is 0 Å². The third kappa shape index (κ3) is 3.40. The maximum Gasteiger partial charge on any atom is 0.162 e. The van der Waals surface area contributed by atoms with E-state index in [0.717, 1.165) is 41.2 Å². The minimum atomic E-state index is 0.804. The van der Waals surface area contributed by atoms with E-state index in [4.69, 9.17) is 9.97 Å². The van der Waals surface area contributed by atoms with Gasteiger partial charge in [0.05, 0.1) is 5.52 Å². The molecule has 124 valence electrons. The number of rotatable bonds is 6. The molecule has 0 radical (unpaired) electrons. The molecule has 0 saturated carbocycles. The lowest BCUT2D eigenvalue weighted by Gasteiger charge is -2.23. The fraction of sp³-hybridized carbons (Fsp3) is 0.333. The topological polar surface area (TPSA) is 29.0 Å². The van der Waals surface area contributed by atoms with Crippen molar-refractivity contribution in [2.75, 3.05) is 18.0 Å². The summed E-state index contributed by atoms with van der Waals surface area (Å²) in [6, 6.07) is 16.7. The molecule has 3 nitrogen and oxygen atoms in total. The first-order chi connectivity index (χ1) is 11.7. The fourth-order valence-electron chi connectivity index (χ4n) is 2.90. The van der Waals surface area contributed by atoms with Crippen LogP contribution in [0.5, 0.6) is 0 Å². The molecule has 0 spiro atoms. The third-order valence-electron chi connectivity index (χ3n) is 4.36. The average molecular weight is 319 g/mol. The van der Waals surface area contributed by atoms with Crippen molar-refractivity contribution < 1.29 is 0 Å². The molecule has 0 unspecified atom stereocenters. The SMILES string of the molecule is CCCCN(CC)c1nc(-c2ccc(C)cc2)nc2ccccc12. The van der Waals surface area contributed by atoms with E-state index in [-0.39, 0.29) is 0 Å². The number of fused-ring (bicyclic) bond motifs is 1. The monoisotopic (exact) mass is 319 g/mol. The Morgan fingerprint density at radius 1 is 0.917 bits per heavy atom. The molecule has 0 atom stereocenters. The van der Waals surface area contributed by atoms with Crippen LogP contribution in [0.15, 0.2) is 48.5 Å². The van der Waals surface area contributed by atoms with Crippen LogP contribution in [0.4, 0.5) is 5.82 Å². The van der Waals surface area contributed by atoms with Crippen LogP contribution in [-0.2, 0) is 0 Å². The number of anilines is 1. The summed E-state index contributed by atoms with van der Waals surface area (Å²) < 4.78 is 0. The molecule has 0 amide bonds. The van der Waals surface area contributed by atoms with Crippen molar-refractivity contribution in [1.29, 1.82) is 0 Å². The Kier molecular flexibility index (Phi) is 5.09. The summed E-state index contributed by atoms with van der Waals surface area (Å²) in [5.41, 5.74) is 3.32. The van der Waals surface area contributed by atoms with Crippen LogP contribution in [0, 0.1) is 6.92 Å². The molecule has 0 saturated heterocycles. The standard InChI is InChI=1S/C21H25N3/c1-4-6-15-24(5-2)21-18-9-7-8-10-19(18)22-20(23-21)17-13-11-16(3)12-14-17/h7-14H,4-6,15H2,1-3H3. The van der Waals surface area contributed by atoms with Gasteiger partial charge >= 0.3 is 0 Å². The van der Waals surface area contributed by atoms with Crippen LogP contribution in [0.2, 0.25) is 0 Å². The highest BCUT2D eigenvalue weighted by atomic mass is 15.2. The Morgan fingerprint density at radius 2 is 1.67 bits per heavy atom. The van der Waals surface area contributed by atoms with Gasteiger partial charge in [-0.2, -0.15) is 0 Å². The molecule has 3 rings (SSSR count). The van der Waals surface area contributed by atoms with Crippen molar-refractivity contribution >= 4 is 16.7 Å². The van der Waals surface area contributed by atoms with Gasteiger partial charge in [0, 0.05) is 24.0 Å². The molecule has 3 aromatic rings. The van der Waals surface area contributed by atoms with Crippen molar-refractivity contribution in [3.8, 4) is 11.4 Å². The second kappa shape index (κ2) is 7.43. The van der Waals surface area contributed by atoms with Gasteiger partial charge in [0.1, 0.15) is 5.82 Å². The molecule has 0 aliphatic heterocycles. The number of hydrogen-bond donors (Lipinski definition) is 0. The lowest BCUT2D eigenvalue weighted by Crippen LogP contribution is -2.25. The van der Waals surface area contributed by atoms with Crippen LogP contribution in [0.1, 0.15) is 32.3 Å². The third-order valence-corrected chi connectivity index (χ3v) is 4.36. The molecule has 0 aliphatic carbocycles. The maximum atomic E-state index is 4.94. The van der Waals surface area contributed by atoms with Gasteiger partial charge < -0.3 is 4.90 Å². The summed E-state index contributed by atoms with van der Waals surface area (Å²) >= 11 is 0. The molecule has 0 bridgehead atoms. The van der Waals surface area contributed by atoms with Crippen LogP contribution >= 0.6 is 0 Å². The molecular weight excluding hydrogens is 294 g/mol. The molecule has 0 fully saturated rings.